The number of aliphatic carboxylic acids is 1. The van der Waals surface area contributed by atoms with Gasteiger partial charge in [0.2, 0.25) is 0 Å². The molecule has 0 bridgehead atoms. The van der Waals surface area contributed by atoms with Crippen molar-refractivity contribution in [2.24, 2.45) is 5.92 Å². The van der Waals surface area contributed by atoms with E-state index in [1.165, 1.54) is 19.1 Å². The van der Waals surface area contributed by atoms with Crippen molar-refractivity contribution in [3.05, 3.63) is 0 Å². The minimum Gasteiger partial charge on any atom is -0.481 e. The van der Waals surface area contributed by atoms with Crippen LogP contribution in [0.3, 0.4) is 0 Å². The lowest BCUT2D eigenvalue weighted by Gasteiger charge is -2.21. The number of aliphatic hydroxyl groups excluding tert-OH is 1. The fourth-order valence-corrected chi connectivity index (χ4v) is 1.40. The number of urea groups is 1. The minimum absolute atomic E-state index is 0.0787. The van der Waals surface area contributed by atoms with Crippen molar-refractivity contribution >= 4 is 12.0 Å². The largest absolute Gasteiger partial charge is 0.481 e. The van der Waals surface area contributed by atoms with Gasteiger partial charge in [-0.25, -0.2) is 4.79 Å². The minimum atomic E-state index is -0.931. The van der Waals surface area contributed by atoms with Gasteiger partial charge in [-0.3, -0.25) is 4.79 Å². The molecule has 0 saturated carbocycles. The molecule has 2 atom stereocenters. The summed E-state index contributed by atoms with van der Waals surface area (Å²) in [5.41, 5.74) is 0. The highest BCUT2D eigenvalue weighted by Gasteiger charge is 2.18. The van der Waals surface area contributed by atoms with Crippen molar-refractivity contribution < 1.29 is 24.5 Å². The van der Waals surface area contributed by atoms with E-state index in [0.29, 0.717) is 6.42 Å². The number of hydrogen-bond acceptors (Lipinski definition) is 4. The van der Waals surface area contributed by atoms with Crippen LogP contribution in [0.25, 0.3) is 0 Å². The second-order valence-electron chi connectivity index (χ2n) is 4.12. The zero-order chi connectivity index (χ0) is 14.1. The first-order valence-corrected chi connectivity index (χ1v) is 5.81. The van der Waals surface area contributed by atoms with Crippen LogP contribution in [0.1, 0.15) is 13.3 Å². The summed E-state index contributed by atoms with van der Waals surface area (Å²) in [5, 5.41) is 20.8. The molecule has 7 heteroatoms. The van der Waals surface area contributed by atoms with Gasteiger partial charge in [0.05, 0.1) is 25.2 Å². The Balaban J connectivity index is 4.04. The molecule has 0 aliphatic rings. The molecule has 0 fully saturated rings. The molecule has 0 rings (SSSR count). The number of nitrogens with one attached hydrogen (secondary N) is 1. The van der Waals surface area contributed by atoms with E-state index >= 15 is 0 Å². The summed E-state index contributed by atoms with van der Waals surface area (Å²) >= 11 is 0. The summed E-state index contributed by atoms with van der Waals surface area (Å²) < 4.78 is 4.75. The van der Waals surface area contributed by atoms with Crippen LogP contribution in [0.4, 0.5) is 4.79 Å². The molecule has 106 valence electrons. The molecule has 0 heterocycles. The number of carbonyl (C=O) groups is 2. The Hall–Kier alpha value is -1.34. The van der Waals surface area contributed by atoms with Crippen molar-refractivity contribution in [3.8, 4) is 0 Å². The molecule has 18 heavy (non-hydrogen) atoms. The Morgan fingerprint density at radius 1 is 1.44 bits per heavy atom. The molecule has 0 radical (unpaired) electrons. The summed E-state index contributed by atoms with van der Waals surface area (Å²) in [7, 11) is 2.98. The van der Waals surface area contributed by atoms with Gasteiger partial charge in [0.25, 0.3) is 0 Å². The van der Waals surface area contributed by atoms with Gasteiger partial charge in [-0.2, -0.15) is 0 Å². The summed E-state index contributed by atoms with van der Waals surface area (Å²) in [6.45, 7) is 2.10. The third kappa shape index (κ3) is 6.41. The van der Waals surface area contributed by atoms with Crippen molar-refractivity contribution in [3.63, 3.8) is 0 Å². The number of likely N-dealkylation sites (N-methyl/N-ethyl adjacent to an activating group) is 1. The van der Waals surface area contributed by atoms with E-state index in [-0.39, 0.29) is 19.7 Å². The summed E-state index contributed by atoms with van der Waals surface area (Å²) in [6, 6.07) is -0.412. The first kappa shape index (κ1) is 16.7. The first-order chi connectivity index (χ1) is 8.42. The standard InChI is InChI=1S/C11H22N2O5/c1-4-8(10(15)16)5-12-11(17)13(2)6-9(14)7-18-3/h8-9,14H,4-7H2,1-3H3,(H,12,17)(H,15,16). The topological polar surface area (TPSA) is 99.1 Å². The van der Waals surface area contributed by atoms with Crippen molar-refractivity contribution in [2.45, 2.75) is 19.4 Å². The number of carboxylic acids is 1. The van der Waals surface area contributed by atoms with E-state index in [0.717, 1.165) is 0 Å². The maximum absolute atomic E-state index is 11.6. The molecular formula is C11H22N2O5. The van der Waals surface area contributed by atoms with E-state index in [1.54, 1.807) is 6.92 Å². The van der Waals surface area contributed by atoms with Crippen LogP contribution in [-0.2, 0) is 9.53 Å². The van der Waals surface area contributed by atoms with Gasteiger partial charge < -0.3 is 25.2 Å². The van der Waals surface area contributed by atoms with E-state index in [9.17, 15) is 14.7 Å². The third-order valence-electron chi connectivity index (χ3n) is 2.53. The van der Waals surface area contributed by atoms with Gasteiger partial charge in [0.15, 0.2) is 0 Å². The fraction of sp³-hybridized carbons (Fsp3) is 0.818. The van der Waals surface area contributed by atoms with Crippen molar-refractivity contribution in [1.29, 1.82) is 0 Å². The summed E-state index contributed by atoms with van der Waals surface area (Å²) in [4.78, 5) is 23.6. The highest BCUT2D eigenvalue weighted by Crippen LogP contribution is 2.01. The maximum Gasteiger partial charge on any atom is 0.317 e. The molecular weight excluding hydrogens is 240 g/mol. The van der Waals surface area contributed by atoms with E-state index in [1.807, 2.05) is 0 Å². The quantitative estimate of drug-likeness (QED) is 0.560. The average molecular weight is 262 g/mol. The summed E-state index contributed by atoms with van der Waals surface area (Å²) in [6.07, 6.45) is -0.307. The Morgan fingerprint density at radius 2 is 2.06 bits per heavy atom. The average Bonchev–Trinajstić information content (AvgIpc) is 2.29. The zero-order valence-electron chi connectivity index (χ0n) is 11.0. The van der Waals surface area contributed by atoms with Gasteiger partial charge in [-0.15, -0.1) is 0 Å². The molecule has 0 aliphatic heterocycles. The predicted octanol–water partition coefficient (Wildman–Crippen LogP) is -0.254. The van der Waals surface area contributed by atoms with Crippen LogP contribution in [0.15, 0.2) is 0 Å². The Kier molecular flexibility index (Phi) is 8.06. The van der Waals surface area contributed by atoms with Crippen LogP contribution in [0.2, 0.25) is 0 Å². The SMILES string of the molecule is CCC(CNC(=O)N(C)CC(O)COC)C(=O)O. The van der Waals surface area contributed by atoms with Crippen molar-refractivity contribution in [2.75, 3.05) is 33.9 Å². The predicted molar refractivity (Wildman–Crippen MR) is 65.3 cm³/mol. The highest BCUT2D eigenvalue weighted by atomic mass is 16.5. The molecule has 0 aromatic rings. The number of carboxylic acid groups (broad SMARTS) is 1. The van der Waals surface area contributed by atoms with Gasteiger partial charge in [0, 0.05) is 20.7 Å². The summed E-state index contributed by atoms with van der Waals surface area (Å²) in [5.74, 6) is -1.52. The lowest BCUT2D eigenvalue weighted by Crippen LogP contribution is -2.44. The smallest absolute Gasteiger partial charge is 0.317 e. The lowest BCUT2D eigenvalue weighted by atomic mass is 10.1. The number of rotatable bonds is 8. The number of methoxy groups -OCH3 is 1. The van der Waals surface area contributed by atoms with Crippen LogP contribution in [0, 0.1) is 5.92 Å². The highest BCUT2D eigenvalue weighted by molar-refractivity contribution is 5.75. The Morgan fingerprint density at radius 3 is 2.50 bits per heavy atom. The van der Waals surface area contributed by atoms with E-state index in [2.05, 4.69) is 5.32 Å². The van der Waals surface area contributed by atoms with Gasteiger partial charge in [0.1, 0.15) is 0 Å². The monoisotopic (exact) mass is 262 g/mol. The number of ether oxygens (including phenoxy) is 1. The molecule has 0 aromatic heterocycles. The van der Waals surface area contributed by atoms with Gasteiger partial charge in [-0.1, -0.05) is 6.92 Å². The third-order valence-corrected chi connectivity index (χ3v) is 2.53. The molecule has 2 unspecified atom stereocenters. The molecule has 2 amide bonds. The Bertz CT molecular complexity index is 272. The maximum atomic E-state index is 11.6. The van der Waals surface area contributed by atoms with E-state index < -0.39 is 24.0 Å². The lowest BCUT2D eigenvalue weighted by molar-refractivity contribution is -0.141. The van der Waals surface area contributed by atoms with Crippen LogP contribution < -0.4 is 5.32 Å². The first-order valence-electron chi connectivity index (χ1n) is 5.81. The molecule has 0 aromatic carbocycles. The zero-order valence-corrected chi connectivity index (χ0v) is 11.0. The van der Waals surface area contributed by atoms with Crippen LogP contribution in [0.5, 0.6) is 0 Å². The number of amides is 2. The number of hydrogen-bond donors (Lipinski definition) is 3. The fourth-order valence-electron chi connectivity index (χ4n) is 1.40. The second-order valence-corrected chi connectivity index (χ2v) is 4.12. The molecule has 0 aliphatic carbocycles. The van der Waals surface area contributed by atoms with Crippen molar-refractivity contribution in [1.82, 2.24) is 10.2 Å². The van der Waals surface area contributed by atoms with Crippen LogP contribution in [-0.4, -0.2) is 67.1 Å². The second kappa shape index (κ2) is 8.71. The molecule has 3 N–H and O–H groups in total. The van der Waals surface area contributed by atoms with E-state index in [4.69, 9.17) is 9.84 Å². The number of aliphatic hydroxyl groups is 1. The number of nitrogens with zero attached hydrogens (tertiary/aromatic N) is 1. The molecule has 7 nitrogen and oxygen atoms in total. The van der Waals surface area contributed by atoms with Crippen LogP contribution >= 0.6 is 0 Å². The normalized spacial score (nSPS) is 13.8. The molecule has 0 saturated heterocycles. The van der Waals surface area contributed by atoms with Gasteiger partial charge in [-0.05, 0) is 6.42 Å². The number of carbonyl (C=O) groups excluding carboxylic acids is 1. The Labute approximate surface area is 107 Å². The molecule has 0 spiro atoms. The van der Waals surface area contributed by atoms with Gasteiger partial charge >= 0.3 is 12.0 Å².